The van der Waals surface area contributed by atoms with Gasteiger partial charge in [0.1, 0.15) is 4.88 Å². The van der Waals surface area contributed by atoms with E-state index in [-0.39, 0.29) is 12.5 Å². The molecule has 1 aromatic heterocycles. The lowest BCUT2D eigenvalue weighted by Gasteiger charge is -2.10. The van der Waals surface area contributed by atoms with Crippen LogP contribution in [0.15, 0.2) is 36.4 Å². The molecule has 23 heavy (non-hydrogen) atoms. The zero-order chi connectivity index (χ0) is 16.8. The minimum absolute atomic E-state index is 0.332. The molecule has 0 aliphatic carbocycles. The quantitative estimate of drug-likeness (QED) is 0.767. The molecule has 0 spiro atoms. The highest BCUT2D eigenvalue weighted by Gasteiger charge is 2.12. The first-order valence-electron chi connectivity index (χ1n) is 7.32. The van der Waals surface area contributed by atoms with Crippen LogP contribution in [-0.2, 0) is 9.53 Å². The Morgan fingerprint density at radius 3 is 2.48 bits per heavy atom. The largest absolute Gasteiger partial charge is 0.451 e. The molecule has 6 heteroatoms. The standard InChI is InChI=1S/C17H18ClNO3S/c1-3-11(2)12-4-6-13(7-5-12)19-16(20)10-22-17(21)14-8-9-15(18)23-14/h4-9,11H,3,10H2,1-2H3,(H,19,20)/t11-/m1/s1. The number of nitrogens with one attached hydrogen (secondary N) is 1. The maximum absolute atomic E-state index is 11.8. The second-order valence-electron chi connectivity index (χ2n) is 5.16. The first-order valence-corrected chi connectivity index (χ1v) is 8.51. The van der Waals surface area contributed by atoms with E-state index >= 15 is 0 Å². The molecule has 4 nitrogen and oxygen atoms in total. The minimum Gasteiger partial charge on any atom is -0.451 e. The van der Waals surface area contributed by atoms with Gasteiger partial charge in [-0.25, -0.2) is 4.79 Å². The summed E-state index contributed by atoms with van der Waals surface area (Å²) in [6.45, 7) is 3.96. The van der Waals surface area contributed by atoms with Crippen molar-refractivity contribution in [3.8, 4) is 0 Å². The fraction of sp³-hybridized carbons (Fsp3) is 0.294. The predicted molar refractivity (Wildman–Crippen MR) is 93.4 cm³/mol. The summed E-state index contributed by atoms with van der Waals surface area (Å²) in [6, 6.07) is 10.9. The average molecular weight is 352 g/mol. The lowest BCUT2D eigenvalue weighted by Crippen LogP contribution is -2.20. The van der Waals surface area contributed by atoms with Gasteiger partial charge in [0.2, 0.25) is 0 Å². The maximum atomic E-state index is 11.8. The molecule has 0 bridgehead atoms. The zero-order valence-electron chi connectivity index (χ0n) is 13.0. The van der Waals surface area contributed by atoms with Crippen molar-refractivity contribution in [3.05, 3.63) is 51.2 Å². The zero-order valence-corrected chi connectivity index (χ0v) is 14.5. The number of benzene rings is 1. The lowest BCUT2D eigenvalue weighted by atomic mass is 9.99. The molecule has 1 N–H and O–H groups in total. The van der Waals surface area contributed by atoms with Crippen molar-refractivity contribution in [2.24, 2.45) is 0 Å². The summed E-state index contributed by atoms with van der Waals surface area (Å²) in [4.78, 5) is 23.9. The number of carbonyl (C=O) groups is 2. The fourth-order valence-corrected chi connectivity index (χ4v) is 2.89. The predicted octanol–water partition coefficient (Wildman–Crippen LogP) is 4.71. The second-order valence-corrected chi connectivity index (χ2v) is 6.87. The molecule has 0 saturated carbocycles. The third kappa shape index (κ3) is 5.08. The molecule has 0 aliphatic rings. The summed E-state index contributed by atoms with van der Waals surface area (Å²) in [7, 11) is 0. The summed E-state index contributed by atoms with van der Waals surface area (Å²) in [5.41, 5.74) is 1.91. The molecule has 1 amide bonds. The summed E-state index contributed by atoms with van der Waals surface area (Å²) >= 11 is 6.87. The van der Waals surface area contributed by atoms with Crippen molar-refractivity contribution in [3.63, 3.8) is 0 Å². The SMILES string of the molecule is CC[C@@H](C)c1ccc(NC(=O)COC(=O)c2ccc(Cl)s2)cc1. The molecular formula is C17H18ClNO3S. The number of ether oxygens (including phenoxy) is 1. The Balaban J connectivity index is 1.83. The van der Waals surface area contributed by atoms with Crippen LogP contribution in [0.4, 0.5) is 5.69 Å². The highest BCUT2D eigenvalue weighted by Crippen LogP contribution is 2.22. The normalized spacial score (nSPS) is 11.8. The van der Waals surface area contributed by atoms with Crippen LogP contribution in [0.5, 0.6) is 0 Å². The van der Waals surface area contributed by atoms with Crippen LogP contribution >= 0.6 is 22.9 Å². The van der Waals surface area contributed by atoms with Crippen molar-refractivity contribution >= 4 is 40.5 Å². The highest BCUT2D eigenvalue weighted by molar-refractivity contribution is 7.17. The van der Waals surface area contributed by atoms with Gasteiger partial charge in [-0.2, -0.15) is 0 Å². The second kappa shape index (κ2) is 8.13. The Hall–Kier alpha value is -1.85. The van der Waals surface area contributed by atoms with Crippen LogP contribution in [-0.4, -0.2) is 18.5 Å². The van der Waals surface area contributed by atoms with Crippen molar-refractivity contribution in [1.82, 2.24) is 0 Å². The molecule has 0 fully saturated rings. The number of carbonyl (C=O) groups excluding carboxylic acids is 2. The van der Waals surface area contributed by atoms with E-state index in [9.17, 15) is 9.59 Å². The van der Waals surface area contributed by atoms with Crippen molar-refractivity contribution in [1.29, 1.82) is 0 Å². The summed E-state index contributed by atoms with van der Waals surface area (Å²) in [6.07, 6.45) is 1.06. The van der Waals surface area contributed by atoms with E-state index in [1.54, 1.807) is 12.1 Å². The smallest absolute Gasteiger partial charge is 0.348 e. The van der Waals surface area contributed by atoms with Crippen LogP contribution in [0.1, 0.15) is 41.4 Å². The van der Waals surface area contributed by atoms with Gasteiger partial charge in [0.05, 0.1) is 4.34 Å². The van der Waals surface area contributed by atoms with Crippen molar-refractivity contribution in [2.45, 2.75) is 26.2 Å². The third-order valence-electron chi connectivity index (χ3n) is 3.48. The van der Waals surface area contributed by atoms with Crippen LogP contribution in [0.25, 0.3) is 0 Å². The van der Waals surface area contributed by atoms with Crippen LogP contribution in [0.3, 0.4) is 0 Å². The number of esters is 1. The van der Waals surface area contributed by atoms with Crippen molar-refractivity contribution < 1.29 is 14.3 Å². The van der Waals surface area contributed by atoms with Crippen LogP contribution in [0, 0.1) is 0 Å². The molecule has 1 atom stereocenters. The molecular weight excluding hydrogens is 334 g/mol. The van der Waals surface area contributed by atoms with Crippen LogP contribution < -0.4 is 5.32 Å². The number of anilines is 1. The minimum atomic E-state index is -0.552. The van der Waals surface area contributed by atoms with E-state index in [0.29, 0.717) is 20.8 Å². The Bertz CT molecular complexity index is 681. The van der Waals surface area contributed by atoms with Gasteiger partial charge in [-0.05, 0) is 42.2 Å². The Morgan fingerprint density at radius 2 is 1.91 bits per heavy atom. The van der Waals surface area contributed by atoms with Gasteiger partial charge in [-0.1, -0.05) is 37.6 Å². The summed E-state index contributed by atoms with van der Waals surface area (Å²) in [5, 5.41) is 2.70. The molecule has 0 aliphatic heterocycles. The van der Waals surface area contributed by atoms with E-state index in [1.165, 1.54) is 5.56 Å². The molecule has 0 saturated heterocycles. The van der Waals surface area contributed by atoms with E-state index in [4.69, 9.17) is 16.3 Å². The number of hydrogen-bond acceptors (Lipinski definition) is 4. The van der Waals surface area contributed by atoms with Gasteiger partial charge in [0, 0.05) is 5.69 Å². The van der Waals surface area contributed by atoms with Gasteiger partial charge in [0.15, 0.2) is 6.61 Å². The summed E-state index contributed by atoms with van der Waals surface area (Å²) < 4.78 is 5.46. The number of amides is 1. The van der Waals surface area contributed by atoms with Crippen molar-refractivity contribution in [2.75, 3.05) is 11.9 Å². The topological polar surface area (TPSA) is 55.4 Å². The highest BCUT2D eigenvalue weighted by atomic mass is 35.5. The van der Waals surface area contributed by atoms with Gasteiger partial charge < -0.3 is 10.1 Å². The molecule has 1 aromatic carbocycles. The molecule has 2 aromatic rings. The first kappa shape index (κ1) is 17.5. The Morgan fingerprint density at radius 1 is 1.22 bits per heavy atom. The molecule has 1 heterocycles. The molecule has 0 unspecified atom stereocenters. The van der Waals surface area contributed by atoms with Gasteiger partial charge in [0.25, 0.3) is 5.91 Å². The van der Waals surface area contributed by atoms with Gasteiger partial charge in [-0.3, -0.25) is 4.79 Å². The molecule has 122 valence electrons. The molecule has 2 rings (SSSR count). The van der Waals surface area contributed by atoms with Crippen LogP contribution in [0.2, 0.25) is 4.34 Å². The number of hydrogen-bond donors (Lipinski definition) is 1. The monoisotopic (exact) mass is 351 g/mol. The average Bonchev–Trinajstić information content (AvgIpc) is 2.99. The lowest BCUT2D eigenvalue weighted by molar-refractivity contribution is -0.119. The fourth-order valence-electron chi connectivity index (χ4n) is 1.95. The van der Waals surface area contributed by atoms with E-state index < -0.39 is 5.97 Å². The van der Waals surface area contributed by atoms with Gasteiger partial charge >= 0.3 is 5.97 Å². The van der Waals surface area contributed by atoms with E-state index in [2.05, 4.69) is 19.2 Å². The first-order chi connectivity index (χ1) is 11.0. The Labute approximate surface area is 144 Å². The van der Waals surface area contributed by atoms with E-state index in [0.717, 1.165) is 17.8 Å². The number of halogens is 1. The third-order valence-corrected chi connectivity index (χ3v) is 4.70. The number of rotatable bonds is 6. The van der Waals surface area contributed by atoms with Gasteiger partial charge in [-0.15, -0.1) is 11.3 Å². The maximum Gasteiger partial charge on any atom is 0.348 e. The Kier molecular flexibility index (Phi) is 6.19. The summed E-state index contributed by atoms with van der Waals surface area (Å²) in [5.74, 6) is -0.445. The number of thiophene rings is 1. The van der Waals surface area contributed by atoms with E-state index in [1.807, 2.05) is 24.3 Å². The molecule has 0 radical (unpaired) electrons.